The van der Waals surface area contributed by atoms with E-state index in [0.717, 1.165) is 12.8 Å². The fraction of sp³-hybridized carbons (Fsp3) is 0.471. The molecule has 0 unspecified atom stereocenters. The van der Waals surface area contributed by atoms with Crippen LogP contribution in [0.2, 0.25) is 0 Å². The Balaban J connectivity index is 1.63. The molecule has 2 amide bonds. The van der Waals surface area contributed by atoms with Crippen LogP contribution in [-0.4, -0.2) is 65.0 Å². The van der Waals surface area contributed by atoms with E-state index in [2.05, 4.69) is 11.6 Å². The van der Waals surface area contributed by atoms with E-state index in [4.69, 9.17) is 4.74 Å². The smallest absolute Gasteiger partial charge is 0.253 e. The van der Waals surface area contributed by atoms with Crippen LogP contribution in [0.1, 0.15) is 23.2 Å². The molecule has 2 saturated heterocycles. The number of nitrogens with zero attached hydrogens (tertiary/aromatic N) is 3. The van der Waals surface area contributed by atoms with E-state index in [9.17, 15) is 9.59 Å². The second kappa shape index (κ2) is 6.50. The molecule has 2 fully saturated rings. The summed E-state index contributed by atoms with van der Waals surface area (Å²) >= 11 is 0. The molecule has 3 rings (SSSR count). The molecule has 1 aromatic rings. The molecule has 0 radical (unpaired) electrons. The van der Waals surface area contributed by atoms with Gasteiger partial charge in [0, 0.05) is 37.6 Å². The summed E-state index contributed by atoms with van der Waals surface area (Å²) < 4.78 is 5.86. The van der Waals surface area contributed by atoms with Crippen molar-refractivity contribution in [1.82, 2.24) is 14.8 Å². The van der Waals surface area contributed by atoms with Gasteiger partial charge in [0.15, 0.2) is 0 Å². The summed E-state index contributed by atoms with van der Waals surface area (Å²) in [6.45, 7) is 6.21. The third kappa shape index (κ3) is 3.27. The minimum atomic E-state index is -0.327. The van der Waals surface area contributed by atoms with Crippen LogP contribution in [0.4, 0.5) is 0 Å². The van der Waals surface area contributed by atoms with Crippen LogP contribution in [0, 0.1) is 0 Å². The van der Waals surface area contributed by atoms with Gasteiger partial charge in [-0.15, -0.1) is 6.58 Å². The van der Waals surface area contributed by atoms with E-state index in [-0.39, 0.29) is 24.0 Å². The molecule has 0 aromatic carbocycles. The molecule has 6 heteroatoms. The van der Waals surface area contributed by atoms with Crippen LogP contribution in [-0.2, 0) is 9.53 Å². The number of carbonyl (C=O) groups excluding carboxylic acids is 2. The summed E-state index contributed by atoms with van der Waals surface area (Å²) in [6.07, 6.45) is 6.47. The van der Waals surface area contributed by atoms with Crippen molar-refractivity contribution in [2.24, 2.45) is 0 Å². The lowest BCUT2D eigenvalue weighted by Gasteiger charge is -2.46. The minimum Gasteiger partial charge on any atom is -0.363 e. The molecule has 1 spiro atoms. The van der Waals surface area contributed by atoms with Crippen LogP contribution < -0.4 is 0 Å². The van der Waals surface area contributed by atoms with Crippen LogP contribution in [0.5, 0.6) is 0 Å². The number of ether oxygens (including phenoxy) is 1. The van der Waals surface area contributed by atoms with Crippen molar-refractivity contribution in [1.29, 1.82) is 0 Å². The largest absolute Gasteiger partial charge is 0.363 e. The minimum absolute atomic E-state index is 0.00539. The highest BCUT2D eigenvalue weighted by Gasteiger charge is 2.42. The van der Waals surface area contributed by atoms with Gasteiger partial charge in [-0.3, -0.25) is 14.6 Å². The molecular formula is C17H21N3O3. The number of aromatic nitrogens is 1. The molecule has 6 nitrogen and oxygen atoms in total. The van der Waals surface area contributed by atoms with Crippen molar-refractivity contribution in [2.75, 3.05) is 32.8 Å². The number of carbonyl (C=O) groups is 2. The van der Waals surface area contributed by atoms with Crippen LogP contribution in [0.25, 0.3) is 0 Å². The number of piperidine rings is 1. The molecule has 0 N–H and O–H groups in total. The maximum Gasteiger partial charge on any atom is 0.253 e. The summed E-state index contributed by atoms with van der Waals surface area (Å²) in [5.74, 6) is 0.0305. The van der Waals surface area contributed by atoms with E-state index >= 15 is 0 Å². The molecule has 3 heterocycles. The van der Waals surface area contributed by atoms with Crippen molar-refractivity contribution >= 4 is 11.8 Å². The first kappa shape index (κ1) is 15.7. The monoisotopic (exact) mass is 315 g/mol. The van der Waals surface area contributed by atoms with Gasteiger partial charge in [0.2, 0.25) is 5.91 Å². The average molecular weight is 315 g/mol. The highest BCUT2D eigenvalue weighted by atomic mass is 16.5. The molecule has 0 saturated carbocycles. The maximum absolute atomic E-state index is 12.5. The van der Waals surface area contributed by atoms with Crippen molar-refractivity contribution in [3.8, 4) is 0 Å². The Labute approximate surface area is 135 Å². The fourth-order valence-electron chi connectivity index (χ4n) is 3.21. The Morgan fingerprint density at radius 3 is 2.70 bits per heavy atom. The SMILES string of the molecule is C=CCN1CC2(CCN(C(=O)c3ccncc3)CC2)OCC1=O. The first-order valence-electron chi connectivity index (χ1n) is 7.85. The highest BCUT2D eigenvalue weighted by molar-refractivity contribution is 5.94. The predicted octanol–water partition coefficient (Wildman–Crippen LogP) is 1.10. The Bertz CT molecular complexity index is 594. The van der Waals surface area contributed by atoms with E-state index < -0.39 is 0 Å². The van der Waals surface area contributed by atoms with E-state index in [1.54, 1.807) is 35.5 Å². The lowest BCUT2D eigenvalue weighted by atomic mass is 9.89. The number of pyridine rings is 1. The number of hydrogen-bond donors (Lipinski definition) is 0. The average Bonchev–Trinajstić information content (AvgIpc) is 2.59. The van der Waals surface area contributed by atoms with Gasteiger partial charge < -0.3 is 14.5 Å². The standard InChI is InChI=1S/C17H21N3O3/c1-2-9-20-13-17(23-12-15(20)21)5-10-19(11-6-17)16(22)14-3-7-18-8-4-14/h2-4,7-8H,1,5-6,9-13H2. The summed E-state index contributed by atoms with van der Waals surface area (Å²) in [4.78, 5) is 31.9. The summed E-state index contributed by atoms with van der Waals surface area (Å²) in [5, 5.41) is 0. The second-order valence-electron chi connectivity index (χ2n) is 6.06. The Kier molecular flexibility index (Phi) is 4.43. The topological polar surface area (TPSA) is 62.7 Å². The number of morpholine rings is 1. The lowest BCUT2D eigenvalue weighted by molar-refractivity contribution is -0.169. The van der Waals surface area contributed by atoms with Crippen LogP contribution >= 0.6 is 0 Å². The van der Waals surface area contributed by atoms with E-state index in [1.165, 1.54) is 0 Å². The zero-order chi connectivity index (χ0) is 16.3. The predicted molar refractivity (Wildman–Crippen MR) is 84.8 cm³/mol. The van der Waals surface area contributed by atoms with Crippen molar-refractivity contribution in [3.63, 3.8) is 0 Å². The molecular weight excluding hydrogens is 294 g/mol. The van der Waals surface area contributed by atoms with E-state index in [0.29, 0.717) is 31.7 Å². The van der Waals surface area contributed by atoms with Gasteiger partial charge >= 0.3 is 0 Å². The fourth-order valence-corrected chi connectivity index (χ4v) is 3.21. The molecule has 0 bridgehead atoms. The first-order valence-corrected chi connectivity index (χ1v) is 7.85. The lowest BCUT2D eigenvalue weighted by Crippen LogP contribution is -2.59. The molecule has 0 aliphatic carbocycles. The van der Waals surface area contributed by atoms with Gasteiger partial charge in [-0.05, 0) is 25.0 Å². The Morgan fingerprint density at radius 2 is 2.04 bits per heavy atom. The molecule has 1 aromatic heterocycles. The Hall–Kier alpha value is -2.21. The number of likely N-dealkylation sites (tertiary alicyclic amines) is 1. The first-order chi connectivity index (χ1) is 11.1. The van der Waals surface area contributed by atoms with Crippen molar-refractivity contribution < 1.29 is 14.3 Å². The highest BCUT2D eigenvalue weighted by Crippen LogP contribution is 2.31. The molecule has 0 atom stereocenters. The quantitative estimate of drug-likeness (QED) is 0.784. The summed E-state index contributed by atoms with van der Waals surface area (Å²) in [5.41, 5.74) is 0.329. The van der Waals surface area contributed by atoms with Crippen molar-refractivity contribution in [2.45, 2.75) is 18.4 Å². The summed E-state index contributed by atoms with van der Waals surface area (Å²) in [7, 11) is 0. The van der Waals surface area contributed by atoms with Gasteiger partial charge in [0.1, 0.15) is 6.61 Å². The number of hydrogen-bond acceptors (Lipinski definition) is 4. The van der Waals surface area contributed by atoms with E-state index in [1.807, 2.05) is 4.90 Å². The second-order valence-corrected chi connectivity index (χ2v) is 6.06. The third-order valence-electron chi connectivity index (χ3n) is 4.57. The van der Waals surface area contributed by atoms with Gasteiger partial charge in [-0.25, -0.2) is 0 Å². The number of rotatable bonds is 3. The van der Waals surface area contributed by atoms with Gasteiger partial charge in [0.05, 0.1) is 12.1 Å². The van der Waals surface area contributed by atoms with Crippen LogP contribution in [0.3, 0.4) is 0 Å². The maximum atomic E-state index is 12.5. The van der Waals surface area contributed by atoms with Gasteiger partial charge in [0.25, 0.3) is 5.91 Å². The van der Waals surface area contributed by atoms with Crippen molar-refractivity contribution in [3.05, 3.63) is 42.7 Å². The molecule has 2 aliphatic rings. The summed E-state index contributed by atoms with van der Waals surface area (Å²) in [6, 6.07) is 3.46. The van der Waals surface area contributed by atoms with Gasteiger partial charge in [-0.1, -0.05) is 6.08 Å². The normalized spacial score (nSPS) is 20.6. The van der Waals surface area contributed by atoms with Crippen LogP contribution in [0.15, 0.2) is 37.2 Å². The molecule has 23 heavy (non-hydrogen) atoms. The zero-order valence-electron chi connectivity index (χ0n) is 13.1. The molecule has 122 valence electrons. The van der Waals surface area contributed by atoms with Gasteiger partial charge in [-0.2, -0.15) is 0 Å². The Morgan fingerprint density at radius 1 is 1.35 bits per heavy atom. The zero-order valence-corrected chi connectivity index (χ0v) is 13.1. The molecule has 2 aliphatic heterocycles. The third-order valence-corrected chi connectivity index (χ3v) is 4.57. The number of amides is 2.